The molecule has 0 radical (unpaired) electrons. The number of hydrogen-bond donors (Lipinski definition) is 1. The van der Waals surface area contributed by atoms with E-state index in [1.54, 1.807) is 6.20 Å². The van der Waals surface area contributed by atoms with Crippen LogP contribution in [0.15, 0.2) is 55.1 Å². The number of carbonyl (C=O) groups is 1. The molecule has 136 valence electrons. The molecule has 4 nitrogen and oxygen atoms in total. The van der Waals surface area contributed by atoms with E-state index in [1.807, 2.05) is 47.4 Å². The Labute approximate surface area is 159 Å². The Hall–Kier alpha value is -3.32. The van der Waals surface area contributed by atoms with Crippen molar-refractivity contribution in [2.24, 2.45) is 0 Å². The van der Waals surface area contributed by atoms with E-state index >= 15 is 0 Å². The first kappa shape index (κ1) is 18.5. The quantitative estimate of drug-likeness (QED) is 0.706. The van der Waals surface area contributed by atoms with Gasteiger partial charge in [-0.2, -0.15) is 0 Å². The molecule has 0 spiro atoms. The van der Waals surface area contributed by atoms with E-state index in [-0.39, 0.29) is 6.42 Å². The molecule has 0 fully saturated rings. The number of rotatable bonds is 4. The molecule has 3 rings (SSSR count). The Balaban J connectivity index is 1.94. The average Bonchev–Trinajstić information content (AvgIpc) is 3.15. The van der Waals surface area contributed by atoms with Gasteiger partial charge >= 0.3 is 5.97 Å². The van der Waals surface area contributed by atoms with Crippen molar-refractivity contribution in [3.8, 4) is 17.5 Å². The maximum absolute atomic E-state index is 10.8. The molecule has 1 N–H and O–H groups in total. The minimum absolute atomic E-state index is 0.0281. The lowest BCUT2D eigenvalue weighted by atomic mass is 9.92. The fourth-order valence-electron chi connectivity index (χ4n) is 3.23. The maximum Gasteiger partial charge on any atom is 0.307 e. The van der Waals surface area contributed by atoms with E-state index in [0.29, 0.717) is 5.92 Å². The third-order valence-corrected chi connectivity index (χ3v) is 4.50. The third kappa shape index (κ3) is 4.27. The molecule has 0 bridgehead atoms. The van der Waals surface area contributed by atoms with Gasteiger partial charge in [-0.15, -0.1) is 0 Å². The van der Waals surface area contributed by atoms with Crippen LogP contribution in [0.25, 0.3) is 5.69 Å². The second-order valence-electron chi connectivity index (χ2n) is 6.81. The summed E-state index contributed by atoms with van der Waals surface area (Å²) >= 11 is 0. The largest absolute Gasteiger partial charge is 0.481 e. The lowest BCUT2D eigenvalue weighted by molar-refractivity contribution is -0.136. The Kier molecular flexibility index (Phi) is 5.42. The van der Waals surface area contributed by atoms with Gasteiger partial charge in [0.15, 0.2) is 0 Å². The molecule has 1 aromatic heterocycles. The number of carboxylic acids is 1. The molecule has 4 heteroatoms. The molecule has 0 aliphatic carbocycles. The third-order valence-electron chi connectivity index (χ3n) is 4.50. The van der Waals surface area contributed by atoms with Crippen molar-refractivity contribution in [1.29, 1.82) is 0 Å². The van der Waals surface area contributed by atoms with E-state index in [9.17, 15) is 4.79 Å². The number of nitrogens with zero attached hydrogens (tertiary/aromatic N) is 2. The second kappa shape index (κ2) is 7.92. The van der Waals surface area contributed by atoms with Gasteiger partial charge in [-0.25, -0.2) is 4.98 Å². The molecular formula is C23H22N2O2. The predicted molar refractivity (Wildman–Crippen MR) is 106 cm³/mol. The Morgan fingerprint density at radius 1 is 1.15 bits per heavy atom. The highest BCUT2D eigenvalue weighted by molar-refractivity contribution is 5.70. The van der Waals surface area contributed by atoms with Crippen molar-refractivity contribution < 1.29 is 9.90 Å². The van der Waals surface area contributed by atoms with E-state index in [0.717, 1.165) is 22.4 Å². The first-order chi connectivity index (χ1) is 13.0. The molecular weight excluding hydrogens is 336 g/mol. The van der Waals surface area contributed by atoms with Gasteiger partial charge in [0.25, 0.3) is 0 Å². The summed E-state index contributed by atoms with van der Waals surface area (Å²) in [5.41, 5.74) is 6.20. The molecule has 0 saturated heterocycles. The molecule has 0 saturated carbocycles. The summed E-state index contributed by atoms with van der Waals surface area (Å²) in [5.74, 6) is 5.98. The monoisotopic (exact) mass is 358 g/mol. The SMILES string of the molecule is Cc1c(C#Cc2ccc(CC(=O)O)cc2)ccc(-n2ccnc2)c1C(C)C. The van der Waals surface area contributed by atoms with Crippen LogP contribution in [0.4, 0.5) is 0 Å². The molecule has 0 atom stereocenters. The number of hydrogen-bond acceptors (Lipinski definition) is 2. The minimum Gasteiger partial charge on any atom is -0.481 e. The number of imidazole rings is 1. The van der Waals surface area contributed by atoms with E-state index in [1.165, 1.54) is 11.1 Å². The van der Waals surface area contributed by atoms with Crippen molar-refractivity contribution in [2.45, 2.75) is 33.1 Å². The van der Waals surface area contributed by atoms with E-state index < -0.39 is 5.97 Å². The van der Waals surface area contributed by atoms with Crippen LogP contribution < -0.4 is 0 Å². The zero-order chi connectivity index (χ0) is 19.4. The summed E-state index contributed by atoms with van der Waals surface area (Å²) in [6.07, 6.45) is 5.57. The van der Waals surface area contributed by atoms with E-state index in [4.69, 9.17) is 5.11 Å². The zero-order valence-electron chi connectivity index (χ0n) is 15.7. The summed E-state index contributed by atoms with van der Waals surface area (Å²) in [6, 6.07) is 11.5. The molecule has 0 unspecified atom stereocenters. The smallest absolute Gasteiger partial charge is 0.307 e. The topological polar surface area (TPSA) is 55.1 Å². The summed E-state index contributed by atoms with van der Waals surface area (Å²) in [5, 5.41) is 8.85. The zero-order valence-corrected chi connectivity index (χ0v) is 15.7. The normalized spacial score (nSPS) is 10.5. The van der Waals surface area contributed by atoms with Crippen molar-refractivity contribution in [3.05, 3.63) is 82.9 Å². The van der Waals surface area contributed by atoms with Crippen molar-refractivity contribution >= 4 is 5.97 Å². The van der Waals surface area contributed by atoms with Crippen LogP contribution in [0.2, 0.25) is 0 Å². The molecule has 0 amide bonds. The molecule has 27 heavy (non-hydrogen) atoms. The highest BCUT2D eigenvalue weighted by atomic mass is 16.4. The van der Waals surface area contributed by atoms with Gasteiger partial charge in [0.2, 0.25) is 0 Å². The summed E-state index contributed by atoms with van der Waals surface area (Å²) in [4.78, 5) is 14.9. The van der Waals surface area contributed by atoms with Crippen molar-refractivity contribution in [2.75, 3.05) is 0 Å². The number of aliphatic carboxylic acids is 1. The van der Waals surface area contributed by atoms with Gasteiger partial charge in [-0.05, 0) is 53.8 Å². The Bertz CT molecular complexity index is 1010. The maximum atomic E-state index is 10.8. The summed E-state index contributed by atoms with van der Waals surface area (Å²) in [6.45, 7) is 6.47. The van der Waals surface area contributed by atoms with Gasteiger partial charge in [0.05, 0.1) is 18.4 Å². The summed E-state index contributed by atoms with van der Waals surface area (Å²) in [7, 11) is 0. The van der Waals surface area contributed by atoms with Crippen LogP contribution in [0.1, 0.15) is 47.6 Å². The van der Waals surface area contributed by atoms with Crippen LogP contribution in [0, 0.1) is 18.8 Å². The van der Waals surface area contributed by atoms with Gasteiger partial charge in [0.1, 0.15) is 0 Å². The Morgan fingerprint density at radius 2 is 1.89 bits per heavy atom. The fourth-order valence-corrected chi connectivity index (χ4v) is 3.23. The number of benzene rings is 2. The standard InChI is InChI=1S/C23H22N2O2/c1-16(2)23-17(3)20(10-11-21(23)25-13-12-24-15-25)9-8-18-4-6-19(7-5-18)14-22(26)27/h4-7,10-13,15-16H,14H2,1-3H3,(H,26,27). The van der Waals surface area contributed by atoms with Crippen LogP contribution in [-0.4, -0.2) is 20.6 Å². The number of carboxylic acid groups (broad SMARTS) is 1. The molecule has 0 aliphatic rings. The fraction of sp³-hybridized carbons (Fsp3) is 0.217. The van der Waals surface area contributed by atoms with Crippen molar-refractivity contribution in [3.63, 3.8) is 0 Å². The second-order valence-corrected chi connectivity index (χ2v) is 6.81. The molecule has 2 aromatic carbocycles. The summed E-state index contributed by atoms with van der Waals surface area (Å²) < 4.78 is 2.03. The van der Waals surface area contributed by atoms with Crippen LogP contribution in [0.5, 0.6) is 0 Å². The van der Waals surface area contributed by atoms with E-state index in [2.05, 4.69) is 43.7 Å². The molecule has 1 heterocycles. The molecule has 0 aliphatic heterocycles. The lowest BCUT2D eigenvalue weighted by Crippen LogP contribution is -2.04. The van der Waals surface area contributed by atoms with Crippen LogP contribution in [0.3, 0.4) is 0 Å². The average molecular weight is 358 g/mol. The number of aromatic nitrogens is 2. The first-order valence-corrected chi connectivity index (χ1v) is 8.90. The van der Waals surface area contributed by atoms with Crippen LogP contribution >= 0.6 is 0 Å². The highest BCUT2D eigenvalue weighted by Gasteiger charge is 2.13. The van der Waals surface area contributed by atoms with Gasteiger partial charge in [0, 0.05) is 23.5 Å². The first-order valence-electron chi connectivity index (χ1n) is 8.90. The van der Waals surface area contributed by atoms with Gasteiger partial charge in [-0.1, -0.05) is 37.8 Å². The van der Waals surface area contributed by atoms with Crippen LogP contribution in [-0.2, 0) is 11.2 Å². The Morgan fingerprint density at radius 3 is 2.48 bits per heavy atom. The van der Waals surface area contributed by atoms with Gasteiger partial charge < -0.3 is 9.67 Å². The van der Waals surface area contributed by atoms with Gasteiger partial charge in [-0.3, -0.25) is 4.79 Å². The predicted octanol–water partition coefficient (Wildman–Crippen LogP) is 4.33. The van der Waals surface area contributed by atoms with Crippen molar-refractivity contribution in [1.82, 2.24) is 9.55 Å². The minimum atomic E-state index is -0.830. The highest BCUT2D eigenvalue weighted by Crippen LogP contribution is 2.28. The molecule has 3 aromatic rings. The lowest BCUT2D eigenvalue weighted by Gasteiger charge is -2.17.